The molecule has 4 aromatic carbocycles. The highest BCUT2D eigenvalue weighted by Gasteiger charge is 2.31. The number of fused-ring (bicyclic) bond motifs is 1. The summed E-state index contributed by atoms with van der Waals surface area (Å²) in [4.78, 5) is 30.6. The van der Waals surface area contributed by atoms with Gasteiger partial charge in [0, 0.05) is 56.1 Å². The molecule has 13 heteroatoms. The number of nitriles is 1. The van der Waals surface area contributed by atoms with Crippen molar-refractivity contribution in [2.45, 2.75) is 11.3 Å². The van der Waals surface area contributed by atoms with Crippen LogP contribution in [-0.2, 0) is 14.8 Å². The van der Waals surface area contributed by atoms with E-state index in [-0.39, 0.29) is 65.6 Å². The molecule has 2 heterocycles. The number of methoxy groups -OCH3 is 1. The molecule has 49 heavy (non-hydrogen) atoms. The number of benzene rings is 4. The summed E-state index contributed by atoms with van der Waals surface area (Å²) in [6.07, 6.45) is -1.63. The van der Waals surface area contributed by atoms with E-state index < -0.39 is 28.0 Å². The Kier molecular flexibility index (Phi) is 8.61. The summed E-state index contributed by atoms with van der Waals surface area (Å²) >= 11 is 6.60. The van der Waals surface area contributed by atoms with E-state index in [2.05, 4.69) is 15.9 Å². The van der Waals surface area contributed by atoms with Gasteiger partial charge in [-0.3, -0.25) is 4.79 Å². The van der Waals surface area contributed by atoms with Gasteiger partial charge in [-0.2, -0.15) is 5.26 Å². The molecule has 0 bridgehead atoms. The molecule has 6 aromatic rings. The third-order valence-electron chi connectivity index (χ3n) is 7.87. The minimum Gasteiger partial charge on any atom is -0.465 e. The molecular weight excluding hydrogens is 674 g/mol. The van der Waals surface area contributed by atoms with Crippen LogP contribution in [0.15, 0.2) is 107 Å². The van der Waals surface area contributed by atoms with Crippen LogP contribution in [0.5, 0.6) is 0 Å². The van der Waals surface area contributed by atoms with Crippen molar-refractivity contribution < 1.29 is 26.7 Å². The Hall–Kier alpha value is -6.08. The second-order valence-electron chi connectivity index (χ2n) is 10.6. The number of rotatable bonds is 7. The first-order valence-electron chi connectivity index (χ1n) is 14.3. The normalized spacial score (nSPS) is 11.3. The summed E-state index contributed by atoms with van der Waals surface area (Å²) in [7, 11) is -3.38. The lowest BCUT2D eigenvalue weighted by molar-refractivity contribution is 0.0600. The zero-order valence-electron chi connectivity index (χ0n) is 25.2. The van der Waals surface area contributed by atoms with Gasteiger partial charge in [-0.25, -0.2) is 30.8 Å². The van der Waals surface area contributed by atoms with Crippen LogP contribution >= 0.6 is 11.6 Å². The number of aromatic nitrogens is 2. The molecule has 0 saturated carbocycles. The average Bonchev–Trinajstić information content (AvgIpc) is 3.45. The number of pyridine rings is 1. The number of alkyl halides is 2. The number of aromatic amines is 1. The van der Waals surface area contributed by atoms with Crippen molar-refractivity contribution in [1.29, 1.82) is 5.26 Å². The largest absolute Gasteiger partial charge is 0.465 e. The number of esters is 1. The van der Waals surface area contributed by atoms with Crippen molar-refractivity contribution in [2.24, 2.45) is 0 Å². The van der Waals surface area contributed by atoms with Gasteiger partial charge in [-0.1, -0.05) is 60.1 Å². The molecule has 0 saturated heterocycles. The second-order valence-corrected chi connectivity index (χ2v) is 12.8. The molecule has 0 spiro atoms. The number of halogens is 3. The van der Waals surface area contributed by atoms with Crippen LogP contribution in [0.25, 0.3) is 49.3 Å². The lowest BCUT2D eigenvalue weighted by Crippen LogP contribution is -2.15. The maximum Gasteiger partial charge on any atom is 0.337 e. The van der Waals surface area contributed by atoms with E-state index in [0.29, 0.717) is 11.1 Å². The first-order chi connectivity index (χ1) is 23.5. The third-order valence-corrected chi connectivity index (χ3v) is 9.91. The fourth-order valence-corrected chi connectivity index (χ4v) is 7.48. The molecule has 0 atom stereocenters. The van der Waals surface area contributed by atoms with Crippen LogP contribution < -0.4 is 5.56 Å². The number of H-pyrrole nitrogens is 1. The van der Waals surface area contributed by atoms with Crippen LogP contribution in [-0.4, -0.2) is 30.5 Å². The van der Waals surface area contributed by atoms with E-state index in [4.69, 9.17) is 22.9 Å². The Morgan fingerprint density at radius 1 is 1.00 bits per heavy atom. The lowest BCUT2D eigenvalue weighted by Gasteiger charge is -2.16. The fraction of sp³-hybridized carbons (Fsp3) is 0.0556. The second kappa shape index (κ2) is 12.8. The summed E-state index contributed by atoms with van der Waals surface area (Å²) in [5.74, 6) is -0.593. The lowest BCUT2D eigenvalue weighted by atomic mass is 9.92. The van der Waals surface area contributed by atoms with Crippen LogP contribution in [0.1, 0.15) is 27.9 Å². The molecule has 9 nitrogen and oxygen atoms in total. The van der Waals surface area contributed by atoms with Gasteiger partial charge in [0.15, 0.2) is 5.69 Å². The highest BCUT2D eigenvalue weighted by molar-refractivity contribution is 7.90. The van der Waals surface area contributed by atoms with Crippen molar-refractivity contribution in [3.05, 3.63) is 141 Å². The van der Waals surface area contributed by atoms with Gasteiger partial charge in [-0.05, 0) is 42.0 Å². The van der Waals surface area contributed by atoms with Gasteiger partial charge in [-0.15, -0.1) is 0 Å². The minimum atomic E-state index is -4.62. The number of hydrogen-bond acceptors (Lipinski definition) is 6. The van der Waals surface area contributed by atoms with Crippen LogP contribution in [0.2, 0.25) is 5.02 Å². The third kappa shape index (κ3) is 5.74. The molecular formula is C36H21ClF2N4O5S. The summed E-state index contributed by atoms with van der Waals surface area (Å²) in [6, 6.07) is 23.0. The highest BCUT2D eigenvalue weighted by atomic mass is 35.5. The summed E-state index contributed by atoms with van der Waals surface area (Å²) in [6.45, 7) is 7.90. The summed E-state index contributed by atoms with van der Waals surface area (Å²) < 4.78 is 61.7. The zero-order chi connectivity index (χ0) is 35.0. The molecule has 0 fully saturated rings. The molecule has 2 aromatic heterocycles. The van der Waals surface area contributed by atoms with Crippen LogP contribution in [0, 0.1) is 17.9 Å². The number of ether oxygens (including phenoxy) is 1. The number of hydrogen-bond donors (Lipinski definition) is 1. The van der Waals surface area contributed by atoms with E-state index in [0.717, 1.165) is 28.2 Å². The van der Waals surface area contributed by atoms with Gasteiger partial charge in [0.25, 0.3) is 16.4 Å². The molecule has 0 aliphatic rings. The number of nitrogens with zero attached hydrogens (tertiary/aromatic N) is 3. The maximum atomic E-state index is 14.6. The monoisotopic (exact) mass is 694 g/mol. The molecule has 0 radical (unpaired) electrons. The first kappa shape index (κ1) is 32.8. The molecule has 242 valence electrons. The Labute approximate surface area is 283 Å². The quantitative estimate of drug-likeness (QED) is 0.132. The van der Waals surface area contributed by atoms with Gasteiger partial charge >= 0.3 is 5.97 Å². The summed E-state index contributed by atoms with van der Waals surface area (Å²) in [5, 5.41) is 10.5. The number of nitrogens with one attached hydrogen (secondary N) is 1. The van der Waals surface area contributed by atoms with Crippen LogP contribution in [0.3, 0.4) is 0 Å². The molecule has 6 rings (SSSR count). The number of carbonyl (C=O) groups is 1. The average molecular weight is 695 g/mol. The zero-order valence-corrected chi connectivity index (χ0v) is 26.8. The number of carbonyl (C=O) groups excluding carboxylic acids is 1. The molecule has 0 aliphatic carbocycles. The molecule has 1 N–H and O–H groups in total. The van der Waals surface area contributed by atoms with Crippen molar-refractivity contribution in [3.63, 3.8) is 0 Å². The van der Waals surface area contributed by atoms with E-state index >= 15 is 0 Å². The van der Waals surface area contributed by atoms with Crippen LogP contribution in [0.4, 0.5) is 14.5 Å². The van der Waals surface area contributed by atoms with E-state index in [1.807, 2.05) is 0 Å². The van der Waals surface area contributed by atoms with Gasteiger partial charge < -0.3 is 9.72 Å². The standard InChI is InChI=1S/C36H21ClF2N4O5S/c1-41-29-8-4-7-24(18-40)32(29)33-27-17-31(44)42-19-30(27)43(49(46,47)25-12-9-20(10-13-25)35(38)39)34(33)22-6-3-5-21(15-22)26-14-11-23(16-28(26)37)36(45)48-2/h3-17,19,35H,2H3,(H,42,44). The SMILES string of the molecule is [C-]#[N+]c1cccc(C#N)c1-c1c(-c2cccc(-c3ccc(C(=O)OC)cc3Cl)c2)n(S(=O)(=O)c2ccc(C(F)F)cc2)c2c[nH]c(=O)cc12. The van der Waals surface area contributed by atoms with Gasteiger partial charge in [0.2, 0.25) is 5.56 Å². The molecule has 0 unspecified atom stereocenters. The Morgan fingerprint density at radius 3 is 2.37 bits per heavy atom. The Balaban J connectivity index is 1.75. The van der Waals surface area contributed by atoms with Crippen molar-refractivity contribution in [1.82, 2.24) is 8.96 Å². The van der Waals surface area contributed by atoms with Crippen molar-refractivity contribution in [3.8, 4) is 39.6 Å². The van der Waals surface area contributed by atoms with Gasteiger partial charge in [0.05, 0.1) is 41.4 Å². The Morgan fingerprint density at radius 2 is 1.71 bits per heavy atom. The smallest absolute Gasteiger partial charge is 0.337 e. The van der Waals surface area contributed by atoms with E-state index in [1.165, 1.54) is 49.7 Å². The molecule has 0 amide bonds. The molecule has 0 aliphatic heterocycles. The Bertz CT molecular complexity index is 2530. The highest BCUT2D eigenvalue weighted by Crippen LogP contribution is 2.47. The fourth-order valence-electron chi connectivity index (χ4n) is 5.65. The topological polar surface area (TPSA) is 126 Å². The predicted octanol–water partition coefficient (Wildman–Crippen LogP) is 8.37. The van der Waals surface area contributed by atoms with Gasteiger partial charge in [0.1, 0.15) is 0 Å². The van der Waals surface area contributed by atoms with Crippen molar-refractivity contribution >= 4 is 44.2 Å². The van der Waals surface area contributed by atoms with E-state index in [1.54, 1.807) is 30.3 Å². The summed E-state index contributed by atoms with van der Waals surface area (Å²) in [5.41, 5.74) is 0.789. The van der Waals surface area contributed by atoms with E-state index in [9.17, 15) is 32.0 Å². The van der Waals surface area contributed by atoms with Crippen molar-refractivity contribution in [2.75, 3.05) is 7.11 Å². The predicted molar refractivity (Wildman–Crippen MR) is 180 cm³/mol. The minimum absolute atomic E-state index is 0.00271. The maximum absolute atomic E-state index is 14.6. The first-order valence-corrected chi connectivity index (χ1v) is 16.1.